The summed E-state index contributed by atoms with van der Waals surface area (Å²) in [5.41, 5.74) is -1.47. The maximum absolute atomic E-state index is 12.4. The zero-order valence-corrected chi connectivity index (χ0v) is 22.3. The third kappa shape index (κ3) is 10.9. The zero-order valence-electron chi connectivity index (χ0n) is 22.3. The molecule has 1 aromatic rings. The third-order valence-corrected chi connectivity index (χ3v) is 5.33. The van der Waals surface area contributed by atoms with Crippen molar-refractivity contribution in [2.75, 3.05) is 60.0 Å². The van der Waals surface area contributed by atoms with E-state index in [1.54, 1.807) is 21.0 Å². The first-order chi connectivity index (χ1) is 18.8. The third-order valence-electron chi connectivity index (χ3n) is 5.33. The quantitative estimate of drug-likeness (QED) is 0.136. The molecule has 0 saturated carbocycles. The second-order valence-electron chi connectivity index (χ2n) is 8.15. The molecule has 1 aromatic heterocycles. The van der Waals surface area contributed by atoms with Crippen LogP contribution in [0.5, 0.6) is 0 Å². The van der Waals surface area contributed by atoms with Crippen LogP contribution in [-0.4, -0.2) is 106 Å². The van der Waals surface area contributed by atoms with E-state index in [0.29, 0.717) is 26.4 Å². The lowest BCUT2D eigenvalue weighted by Crippen LogP contribution is -2.43. The maximum Gasteiger partial charge on any atom is 0.332 e. The topological polar surface area (TPSA) is 180 Å². The Bertz CT molecular complexity index is 1020. The van der Waals surface area contributed by atoms with Crippen LogP contribution in [-0.2, 0) is 52.3 Å². The van der Waals surface area contributed by atoms with Gasteiger partial charge in [-0.15, -0.1) is 0 Å². The van der Waals surface area contributed by atoms with Crippen LogP contribution in [0.1, 0.15) is 32.9 Å². The maximum atomic E-state index is 12.4. The number of nitrogens with zero attached hydrogens (tertiary/aromatic N) is 1. The van der Waals surface area contributed by atoms with Crippen molar-refractivity contribution in [1.82, 2.24) is 9.55 Å². The molecule has 1 fully saturated rings. The van der Waals surface area contributed by atoms with Gasteiger partial charge in [0.2, 0.25) is 0 Å². The number of ether oxygens (including phenoxy) is 8. The van der Waals surface area contributed by atoms with Gasteiger partial charge in [-0.05, 0) is 0 Å². The van der Waals surface area contributed by atoms with Crippen LogP contribution in [0.4, 0.5) is 0 Å². The summed E-state index contributed by atoms with van der Waals surface area (Å²) in [4.78, 5) is 62.5. The first kappa shape index (κ1) is 32.1. The Morgan fingerprint density at radius 1 is 0.872 bits per heavy atom. The zero-order chi connectivity index (χ0) is 28.6. The molecule has 0 aliphatic carbocycles. The lowest BCUT2D eigenvalue weighted by Gasteiger charge is -2.24. The normalized spacial score (nSPS) is 20.5. The van der Waals surface area contributed by atoms with Gasteiger partial charge in [0.1, 0.15) is 19.3 Å². The van der Waals surface area contributed by atoms with Crippen molar-refractivity contribution in [3.63, 3.8) is 0 Å². The number of methoxy groups -OCH3 is 1. The summed E-state index contributed by atoms with van der Waals surface area (Å²) >= 11 is 0. The van der Waals surface area contributed by atoms with Crippen molar-refractivity contribution >= 4 is 17.9 Å². The number of nitrogens with one attached hydrogen (secondary N) is 1. The molecule has 0 amide bonds. The van der Waals surface area contributed by atoms with Crippen LogP contribution in [0.2, 0.25) is 0 Å². The molecule has 1 aliphatic rings. The minimum atomic E-state index is -1.27. The van der Waals surface area contributed by atoms with E-state index in [1.165, 1.54) is 0 Å². The summed E-state index contributed by atoms with van der Waals surface area (Å²) < 4.78 is 43.7. The van der Waals surface area contributed by atoms with Crippen LogP contribution < -0.4 is 11.2 Å². The van der Waals surface area contributed by atoms with E-state index in [0.717, 1.165) is 16.8 Å². The van der Waals surface area contributed by atoms with Gasteiger partial charge in [0, 0.05) is 32.2 Å². The lowest BCUT2D eigenvalue weighted by atomic mass is 10.1. The van der Waals surface area contributed by atoms with E-state index in [9.17, 15) is 24.0 Å². The molecule has 2 heterocycles. The first-order valence-corrected chi connectivity index (χ1v) is 12.5. The van der Waals surface area contributed by atoms with Crippen molar-refractivity contribution in [1.29, 1.82) is 0 Å². The van der Waals surface area contributed by atoms with E-state index in [1.807, 2.05) is 0 Å². The minimum absolute atomic E-state index is 0.000265. The fraction of sp³-hybridized carbons (Fsp3) is 0.708. The smallest absolute Gasteiger partial charge is 0.332 e. The molecule has 1 N–H and O–H groups in total. The SMILES string of the molecule is CCC(=O)OC1[C@@H](COC(=O)COCCOCCOCCOC)O[C@@H](n2ccc(=O)[nH]c2=O)[C@H]1OC(=O)CC. The number of aromatic amines is 1. The number of H-pyrrole nitrogens is 1. The highest BCUT2D eigenvalue weighted by atomic mass is 16.7. The fourth-order valence-electron chi connectivity index (χ4n) is 3.39. The van der Waals surface area contributed by atoms with E-state index < -0.39 is 60.3 Å². The first-order valence-electron chi connectivity index (χ1n) is 12.5. The Hall–Kier alpha value is -3.11. The van der Waals surface area contributed by atoms with Gasteiger partial charge in [0.05, 0.1) is 39.6 Å². The van der Waals surface area contributed by atoms with Crippen molar-refractivity contribution < 1.29 is 52.3 Å². The van der Waals surface area contributed by atoms with Gasteiger partial charge in [0.15, 0.2) is 18.4 Å². The van der Waals surface area contributed by atoms with Crippen LogP contribution in [0, 0.1) is 0 Å². The average molecular weight is 561 g/mol. The number of carbonyl (C=O) groups is 3. The van der Waals surface area contributed by atoms with Crippen LogP contribution in [0.25, 0.3) is 0 Å². The Morgan fingerprint density at radius 2 is 1.46 bits per heavy atom. The van der Waals surface area contributed by atoms with Crippen molar-refractivity contribution in [3.8, 4) is 0 Å². The van der Waals surface area contributed by atoms with Crippen molar-refractivity contribution in [2.24, 2.45) is 0 Å². The molecule has 1 saturated heterocycles. The Balaban J connectivity index is 1.96. The average Bonchev–Trinajstić information content (AvgIpc) is 3.24. The van der Waals surface area contributed by atoms with Gasteiger partial charge in [-0.1, -0.05) is 13.8 Å². The van der Waals surface area contributed by atoms with Gasteiger partial charge in [-0.2, -0.15) is 0 Å². The highest BCUT2D eigenvalue weighted by molar-refractivity contribution is 5.71. The summed E-state index contributed by atoms with van der Waals surface area (Å²) in [5, 5.41) is 0. The van der Waals surface area contributed by atoms with Gasteiger partial charge >= 0.3 is 23.6 Å². The standard InChI is InChI=1S/C24H36N2O13/c1-4-18(28)38-21-16(14-36-20(30)15-35-13-12-34-11-10-33-9-8-32-3)37-23(22(21)39-19(29)5-2)26-7-6-17(27)25-24(26)31/h6-7,16,21-23H,4-5,8-15H2,1-3H3,(H,25,27,31)/t16-,21?,22+,23-/m1/s1. The number of aromatic nitrogens is 2. The van der Waals surface area contributed by atoms with Crippen LogP contribution >= 0.6 is 0 Å². The van der Waals surface area contributed by atoms with Gasteiger partial charge in [0.25, 0.3) is 5.56 Å². The molecule has 4 atom stereocenters. The number of hydrogen-bond donors (Lipinski definition) is 1. The Morgan fingerprint density at radius 3 is 2.05 bits per heavy atom. The molecule has 2 rings (SSSR count). The molecule has 220 valence electrons. The molecule has 1 unspecified atom stereocenters. The van der Waals surface area contributed by atoms with E-state index in [4.69, 9.17) is 37.9 Å². The molecule has 0 bridgehead atoms. The van der Waals surface area contributed by atoms with Crippen molar-refractivity contribution in [2.45, 2.75) is 51.2 Å². The summed E-state index contributed by atoms with van der Waals surface area (Å²) in [7, 11) is 1.58. The summed E-state index contributed by atoms with van der Waals surface area (Å²) in [6, 6.07) is 1.08. The Labute approximate surface area is 224 Å². The number of hydrogen-bond acceptors (Lipinski definition) is 13. The van der Waals surface area contributed by atoms with Crippen LogP contribution in [0.15, 0.2) is 21.9 Å². The predicted octanol–water partition coefficient (Wildman–Crippen LogP) is -0.683. The second-order valence-corrected chi connectivity index (χ2v) is 8.15. The molecule has 1 aliphatic heterocycles. The monoisotopic (exact) mass is 560 g/mol. The fourth-order valence-corrected chi connectivity index (χ4v) is 3.39. The molecule has 0 spiro atoms. The highest BCUT2D eigenvalue weighted by Gasteiger charge is 2.51. The van der Waals surface area contributed by atoms with Gasteiger partial charge in [-0.3, -0.25) is 23.9 Å². The number of esters is 3. The molecule has 15 nitrogen and oxygen atoms in total. The van der Waals surface area contributed by atoms with E-state index in [-0.39, 0.29) is 32.7 Å². The minimum Gasteiger partial charge on any atom is -0.461 e. The number of rotatable bonds is 18. The number of carbonyl (C=O) groups excluding carboxylic acids is 3. The summed E-state index contributed by atoms with van der Waals surface area (Å²) in [6.07, 6.45) is -3.65. The van der Waals surface area contributed by atoms with E-state index >= 15 is 0 Å². The van der Waals surface area contributed by atoms with Crippen molar-refractivity contribution in [3.05, 3.63) is 33.1 Å². The highest BCUT2D eigenvalue weighted by Crippen LogP contribution is 2.33. The summed E-state index contributed by atoms with van der Waals surface area (Å²) in [6.45, 7) is 4.45. The lowest BCUT2D eigenvalue weighted by molar-refractivity contribution is -0.169. The largest absolute Gasteiger partial charge is 0.461 e. The Kier molecular flexibility index (Phi) is 14.4. The molecular weight excluding hydrogens is 524 g/mol. The predicted molar refractivity (Wildman–Crippen MR) is 131 cm³/mol. The molecule has 0 radical (unpaired) electrons. The second kappa shape index (κ2) is 17.5. The molecule has 39 heavy (non-hydrogen) atoms. The van der Waals surface area contributed by atoms with Gasteiger partial charge in [-0.25, -0.2) is 9.59 Å². The van der Waals surface area contributed by atoms with E-state index in [2.05, 4.69) is 4.98 Å². The molecule has 0 aromatic carbocycles. The molecule has 15 heteroatoms. The molecular formula is C24H36N2O13. The van der Waals surface area contributed by atoms with Gasteiger partial charge < -0.3 is 37.9 Å². The van der Waals surface area contributed by atoms with Crippen LogP contribution in [0.3, 0.4) is 0 Å². The summed E-state index contributed by atoms with van der Waals surface area (Å²) in [5.74, 6) is -1.99.